The number of hydrogen-bond acceptors (Lipinski definition) is 3. The van der Waals surface area contributed by atoms with Gasteiger partial charge in [-0.3, -0.25) is 0 Å². The zero-order valence-electron chi connectivity index (χ0n) is 9.62. The molecule has 2 N–H and O–H groups in total. The maximum Gasteiger partial charge on any atom is 0.153 e. The maximum absolute atomic E-state index is 5.58. The molecule has 4 heteroatoms. The molecule has 0 unspecified atom stereocenters. The van der Waals surface area contributed by atoms with Crippen molar-refractivity contribution in [2.24, 2.45) is 0 Å². The van der Waals surface area contributed by atoms with Crippen molar-refractivity contribution in [3.63, 3.8) is 0 Å². The van der Waals surface area contributed by atoms with Crippen molar-refractivity contribution in [3.8, 4) is 0 Å². The zero-order valence-corrected chi connectivity index (χ0v) is 10.4. The number of nitrogens with zero attached hydrogens (tertiary/aromatic N) is 2. The lowest BCUT2D eigenvalue weighted by Gasteiger charge is -1.96. The molecule has 2 aromatic carbocycles. The first-order chi connectivity index (χ1) is 8.77. The Morgan fingerprint density at radius 2 is 1.56 bits per heavy atom. The van der Waals surface area contributed by atoms with Crippen LogP contribution in [0.15, 0.2) is 60.8 Å². The minimum absolute atomic E-state index is 0.489. The monoisotopic (exact) mass is 257 g/mol. The average Bonchev–Trinajstić information content (AvgIpc) is 2.41. The zero-order chi connectivity index (χ0) is 12.8. The van der Waals surface area contributed by atoms with E-state index in [1.54, 1.807) is 6.20 Å². The number of rotatable bonds is 0. The summed E-state index contributed by atoms with van der Waals surface area (Å²) in [6, 6.07) is 17.2. The second kappa shape index (κ2) is 5.98. The molecule has 3 aromatic rings. The fourth-order valence-corrected chi connectivity index (χ4v) is 1.61. The molecule has 0 aliphatic carbocycles. The van der Waals surface area contributed by atoms with Crippen LogP contribution >= 0.6 is 11.6 Å². The number of aromatic nitrogens is 2. The van der Waals surface area contributed by atoms with Gasteiger partial charge < -0.3 is 5.73 Å². The van der Waals surface area contributed by atoms with Crippen LogP contribution in [0.1, 0.15) is 0 Å². The molecule has 0 fully saturated rings. The van der Waals surface area contributed by atoms with Gasteiger partial charge in [-0.25, -0.2) is 0 Å². The highest BCUT2D eigenvalue weighted by Gasteiger charge is 1.95. The molecular weight excluding hydrogens is 246 g/mol. The van der Waals surface area contributed by atoms with E-state index >= 15 is 0 Å². The first-order valence-corrected chi connectivity index (χ1v) is 5.81. The predicted octanol–water partition coefficient (Wildman–Crippen LogP) is 3.55. The Bertz CT molecular complexity index is 621. The Kier molecular flexibility index (Phi) is 4.10. The molecule has 1 heterocycles. The molecule has 0 bridgehead atoms. The number of benzene rings is 2. The summed E-state index contributed by atoms with van der Waals surface area (Å²) in [7, 11) is 0. The van der Waals surface area contributed by atoms with E-state index in [1.165, 1.54) is 0 Å². The summed E-state index contributed by atoms with van der Waals surface area (Å²) < 4.78 is 0. The molecule has 90 valence electrons. The van der Waals surface area contributed by atoms with Crippen LogP contribution in [0.25, 0.3) is 10.8 Å². The van der Waals surface area contributed by atoms with Gasteiger partial charge in [0.2, 0.25) is 0 Å². The number of anilines is 1. The van der Waals surface area contributed by atoms with E-state index in [1.807, 2.05) is 54.6 Å². The summed E-state index contributed by atoms with van der Waals surface area (Å²) in [6.07, 6.45) is 1.70. The summed E-state index contributed by atoms with van der Waals surface area (Å²) in [4.78, 5) is 0. The van der Waals surface area contributed by atoms with Gasteiger partial charge >= 0.3 is 0 Å². The lowest BCUT2D eigenvalue weighted by molar-refractivity contribution is 1.06. The molecule has 0 amide bonds. The summed E-state index contributed by atoms with van der Waals surface area (Å²) in [5, 5.41) is 10.3. The van der Waals surface area contributed by atoms with E-state index in [0.29, 0.717) is 5.82 Å². The lowest BCUT2D eigenvalue weighted by Crippen LogP contribution is -1.92. The standard InChI is InChI=1S/C8H7N3.C6H5Cl/c9-8-7-4-2-1-3-6(7)5-10-11-8;7-6-4-2-1-3-5-6/h1-5H,(H2,9,11);1-5H. The van der Waals surface area contributed by atoms with E-state index < -0.39 is 0 Å². The quantitative estimate of drug-likeness (QED) is 0.670. The maximum atomic E-state index is 5.58. The molecule has 3 nitrogen and oxygen atoms in total. The molecule has 0 aliphatic heterocycles. The van der Waals surface area contributed by atoms with E-state index in [4.69, 9.17) is 17.3 Å². The lowest BCUT2D eigenvalue weighted by atomic mass is 10.2. The van der Waals surface area contributed by atoms with Crippen LogP contribution in [-0.2, 0) is 0 Å². The third kappa shape index (κ3) is 3.18. The molecule has 18 heavy (non-hydrogen) atoms. The fraction of sp³-hybridized carbons (Fsp3) is 0. The van der Waals surface area contributed by atoms with Crippen LogP contribution in [-0.4, -0.2) is 10.2 Å². The van der Waals surface area contributed by atoms with Crippen LogP contribution in [0.2, 0.25) is 5.02 Å². The number of nitrogen functional groups attached to an aromatic ring is 1. The Morgan fingerprint density at radius 3 is 2.17 bits per heavy atom. The SMILES string of the molecule is Clc1ccccc1.Nc1nncc2ccccc12. The molecular formula is C14H12ClN3. The van der Waals surface area contributed by atoms with Crippen LogP contribution in [0.3, 0.4) is 0 Å². The van der Waals surface area contributed by atoms with Gasteiger partial charge in [0.15, 0.2) is 5.82 Å². The topological polar surface area (TPSA) is 51.8 Å². The third-order valence-corrected chi connectivity index (χ3v) is 2.58. The van der Waals surface area contributed by atoms with Gasteiger partial charge in [-0.05, 0) is 12.1 Å². The number of nitrogens with two attached hydrogens (primary N) is 1. The summed E-state index contributed by atoms with van der Waals surface area (Å²) in [5.74, 6) is 0.489. The average molecular weight is 258 g/mol. The third-order valence-electron chi connectivity index (χ3n) is 2.33. The summed E-state index contributed by atoms with van der Waals surface area (Å²) in [5.41, 5.74) is 5.58. The number of halogens is 1. The molecule has 1 aromatic heterocycles. The predicted molar refractivity (Wildman–Crippen MR) is 75.4 cm³/mol. The van der Waals surface area contributed by atoms with Crippen molar-refractivity contribution >= 4 is 28.2 Å². The van der Waals surface area contributed by atoms with Gasteiger partial charge in [-0.1, -0.05) is 54.1 Å². The molecule has 0 atom stereocenters. The van der Waals surface area contributed by atoms with Crippen LogP contribution in [0, 0.1) is 0 Å². The van der Waals surface area contributed by atoms with Gasteiger partial charge in [-0.15, -0.1) is 5.10 Å². The van der Waals surface area contributed by atoms with Crippen LogP contribution in [0.4, 0.5) is 5.82 Å². The fourth-order valence-electron chi connectivity index (χ4n) is 1.46. The van der Waals surface area contributed by atoms with Crippen LogP contribution < -0.4 is 5.73 Å². The molecule has 0 spiro atoms. The van der Waals surface area contributed by atoms with Crippen molar-refractivity contribution in [1.82, 2.24) is 10.2 Å². The smallest absolute Gasteiger partial charge is 0.153 e. The van der Waals surface area contributed by atoms with Gasteiger partial charge in [0.05, 0.1) is 6.20 Å². The molecule has 0 saturated carbocycles. The number of fused-ring (bicyclic) bond motifs is 1. The first-order valence-electron chi connectivity index (χ1n) is 5.44. The Labute approximate surface area is 110 Å². The van der Waals surface area contributed by atoms with Crippen molar-refractivity contribution in [2.45, 2.75) is 0 Å². The van der Waals surface area contributed by atoms with Crippen molar-refractivity contribution in [1.29, 1.82) is 0 Å². The highest BCUT2D eigenvalue weighted by Crippen LogP contribution is 2.15. The van der Waals surface area contributed by atoms with Crippen LogP contribution in [0.5, 0.6) is 0 Å². The molecule has 0 radical (unpaired) electrons. The van der Waals surface area contributed by atoms with E-state index in [9.17, 15) is 0 Å². The Balaban J connectivity index is 0.000000149. The normalized spacial score (nSPS) is 9.61. The first kappa shape index (κ1) is 12.3. The molecule has 3 rings (SSSR count). The Morgan fingerprint density at radius 1 is 0.889 bits per heavy atom. The van der Waals surface area contributed by atoms with Gasteiger partial charge in [0.1, 0.15) is 0 Å². The largest absolute Gasteiger partial charge is 0.382 e. The van der Waals surface area contributed by atoms with Crippen molar-refractivity contribution in [3.05, 3.63) is 65.8 Å². The second-order valence-electron chi connectivity index (χ2n) is 3.61. The summed E-state index contributed by atoms with van der Waals surface area (Å²) in [6.45, 7) is 0. The Hall–Kier alpha value is -2.13. The van der Waals surface area contributed by atoms with Crippen molar-refractivity contribution < 1.29 is 0 Å². The molecule has 0 aliphatic rings. The summed E-state index contributed by atoms with van der Waals surface area (Å²) >= 11 is 5.54. The van der Waals surface area contributed by atoms with E-state index in [0.717, 1.165) is 15.8 Å². The minimum atomic E-state index is 0.489. The van der Waals surface area contributed by atoms with E-state index in [2.05, 4.69) is 10.2 Å². The highest BCUT2D eigenvalue weighted by molar-refractivity contribution is 6.30. The van der Waals surface area contributed by atoms with Crippen molar-refractivity contribution in [2.75, 3.05) is 5.73 Å². The van der Waals surface area contributed by atoms with Gasteiger partial charge in [0, 0.05) is 15.8 Å². The minimum Gasteiger partial charge on any atom is -0.382 e. The highest BCUT2D eigenvalue weighted by atomic mass is 35.5. The van der Waals surface area contributed by atoms with E-state index in [-0.39, 0.29) is 0 Å². The number of hydrogen-bond donors (Lipinski definition) is 1. The van der Waals surface area contributed by atoms with Gasteiger partial charge in [-0.2, -0.15) is 5.10 Å². The van der Waals surface area contributed by atoms with Gasteiger partial charge in [0.25, 0.3) is 0 Å². The molecule has 0 saturated heterocycles. The second-order valence-corrected chi connectivity index (χ2v) is 4.05.